The van der Waals surface area contributed by atoms with Gasteiger partial charge in [-0.05, 0) is 17.7 Å². The Kier molecular flexibility index (Phi) is 6.25. The van der Waals surface area contributed by atoms with Crippen molar-refractivity contribution < 1.29 is 9.50 Å². The van der Waals surface area contributed by atoms with Crippen molar-refractivity contribution in [3.63, 3.8) is 0 Å². The molecule has 8 nitrogen and oxygen atoms in total. The van der Waals surface area contributed by atoms with Gasteiger partial charge in [-0.1, -0.05) is 12.1 Å². The van der Waals surface area contributed by atoms with Gasteiger partial charge in [0.05, 0.1) is 6.10 Å². The van der Waals surface area contributed by atoms with Crippen LogP contribution >= 0.6 is 0 Å². The van der Waals surface area contributed by atoms with E-state index in [4.69, 9.17) is 0 Å². The number of nitrogens with zero attached hydrogens (tertiary/aromatic N) is 5. The second kappa shape index (κ2) is 8.83. The molecule has 0 aliphatic carbocycles. The van der Waals surface area contributed by atoms with Crippen LogP contribution in [0.25, 0.3) is 0 Å². The Hall–Kier alpha value is -2.94. The molecule has 0 amide bonds. The summed E-state index contributed by atoms with van der Waals surface area (Å²) in [5.74, 6) is 0.800. The van der Waals surface area contributed by atoms with Crippen molar-refractivity contribution in [1.29, 1.82) is 0 Å². The highest BCUT2D eigenvalue weighted by molar-refractivity contribution is 5.80. The molecule has 1 aliphatic heterocycles. The van der Waals surface area contributed by atoms with E-state index < -0.39 is 6.10 Å². The molecule has 1 aromatic carbocycles. The monoisotopic (exact) mass is 388 g/mol. The number of aliphatic hydroxyl groups is 1. The molecule has 0 bridgehead atoms. The first-order valence-electron chi connectivity index (χ1n) is 9.15. The van der Waals surface area contributed by atoms with Gasteiger partial charge in [-0.25, -0.2) is 9.37 Å². The van der Waals surface area contributed by atoms with E-state index in [1.54, 1.807) is 38.6 Å². The van der Waals surface area contributed by atoms with Crippen molar-refractivity contribution in [2.75, 3.05) is 44.7 Å². The van der Waals surface area contributed by atoms with Gasteiger partial charge in [0.25, 0.3) is 5.56 Å². The summed E-state index contributed by atoms with van der Waals surface area (Å²) in [4.78, 5) is 24.8. The lowest BCUT2D eigenvalue weighted by atomic mass is 10.1. The number of rotatable bonds is 4. The molecule has 1 saturated heterocycles. The Bertz CT molecular complexity index is 875. The minimum atomic E-state index is -0.768. The van der Waals surface area contributed by atoms with Gasteiger partial charge >= 0.3 is 0 Å². The number of aliphatic hydroxyl groups excluding tert-OH is 1. The summed E-state index contributed by atoms with van der Waals surface area (Å²) >= 11 is 0. The van der Waals surface area contributed by atoms with Gasteiger partial charge < -0.3 is 24.8 Å². The van der Waals surface area contributed by atoms with E-state index in [0.29, 0.717) is 43.5 Å². The van der Waals surface area contributed by atoms with Gasteiger partial charge in [-0.15, -0.1) is 0 Å². The Balaban J connectivity index is 1.55. The van der Waals surface area contributed by atoms with Crippen molar-refractivity contribution in [1.82, 2.24) is 19.8 Å². The van der Waals surface area contributed by atoms with E-state index in [1.165, 1.54) is 16.7 Å². The number of benzene rings is 1. The average molecular weight is 388 g/mol. The van der Waals surface area contributed by atoms with E-state index in [1.807, 2.05) is 4.90 Å². The number of halogens is 1. The highest BCUT2D eigenvalue weighted by Crippen LogP contribution is 2.13. The highest BCUT2D eigenvalue weighted by Gasteiger charge is 2.23. The molecule has 9 heteroatoms. The van der Waals surface area contributed by atoms with Crippen molar-refractivity contribution >= 4 is 11.8 Å². The second-order valence-electron chi connectivity index (χ2n) is 6.64. The zero-order chi connectivity index (χ0) is 20.1. The first-order chi connectivity index (χ1) is 13.5. The molecule has 3 rings (SSSR count). The highest BCUT2D eigenvalue weighted by atomic mass is 19.1. The standard InChI is InChI=1S/C19H25FN6O2/c1-21-19(23-13-16(27)14-3-5-15(20)6-4-14)26-11-9-25(10-12-26)17-18(28)24(2)8-7-22-17/h3-8,16,27H,9-13H2,1-2H3,(H,21,23). The van der Waals surface area contributed by atoms with Gasteiger partial charge in [0, 0.05) is 59.2 Å². The number of hydrogen-bond donors (Lipinski definition) is 2. The number of hydrogen-bond acceptors (Lipinski definition) is 5. The van der Waals surface area contributed by atoms with Crippen LogP contribution in [0, 0.1) is 5.82 Å². The van der Waals surface area contributed by atoms with E-state index >= 15 is 0 Å². The maximum atomic E-state index is 13.0. The molecule has 0 radical (unpaired) electrons. The van der Waals surface area contributed by atoms with Crippen molar-refractivity contribution in [3.8, 4) is 0 Å². The van der Waals surface area contributed by atoms with Crippen LogP contribution in [-0.4, -0.2) is 65.3 Å². The van der Waals surface area contributed by atoms with E-state index in [9.17, 15) is 14.3 Å². The molecule has 0 saturated carbocycles. The fourth-order valence-corrected chi connectivity index (χ4v) is 3.15. The summed E-state index contributed by atoms with van der Waals surface area (Å²) in [7, 11) is 3.40. The van der Waals surface area contributed by atoms with Crippen LogP contribution < -0.4 is 15.8 Å². The molecule has 2 heterocycles. The quantitative estimate of drug-likeness (QED) is 0.581. The van der Waals surface area contributed by atoms with Crippen molar-refractivity contribution in [3.05, 3.63) is 58.4 Å². The van der Waals surface area contributed by atoms with Crippen LogP contribution in [-0.2, 0) is 7.05 Å². The number of aryl methyl sites for hydroxylation is 1. The molecule has 1 atom stereocenters. The zero-order valence-corrected chi connectivity index (χ0v) is 16.0. The lowest BCUT2D eigenvalue weighted by Crippen LogP contribution is -2.54. The lowest BCUT2D eigenvalue weighted by molar-refractivity contribution is 0.179. The molecule has 28 heavy (non-hydrogen) atoms. The van der Waals surface area contributed by atoms with Crippen LogP contribution in [0.1, 0.15) is 11.7 Å². The van der Waals surface area contributed by atoms with Crippen molar-refractivity contribution in [2.45, 2.75) is 6.10 Å². The molecule has 150 valence electrons. The van der Waals surface area contributed by atoms with Crippen LogP contribution in [0.3, 0.4) is 0 Å². The third-order valence-corrected chi connectivity index (χ3v) is 4.80. The molecule has 1 fully saturated rings. The largest absolute Gasteiger partial charge is 0.387 e. The zero-order valence-electron chi connectivity index (χ0n) is 16.0. The van der Waals surface area contributed by atoms with E-state index in [-0.39, 0.29) is 17.9 Å². The Morgan fingerprint density at radius 2 is 1.96 bits per heavy atom. The molecule has 2 aromatic rings. The van der Waals surface area contributed by atoms with E-state index in [2.05, 4.69) is 20.2 Å². The fourth-order valence-electron chi connectivity index (χ4n) is 3.15. The number of anilines is 1. The molecule has 1 aromatic heterocycles. The fraction of sp³-hybridized carbons (Fsp3) is 0.421. The Morgan fingerprint density at radius 3 is 2.61 bits per heavy atom. The van der Waals surface area contributed by atoms with Crippen LogP contribution in [0.5, 0.6) is 0 Å². The first-order valence-corrected chi connectivity index (χ1v) is 9.15. The Labute approximate surface area is 163 Å². The smallest absolute Gasteiger partial charge is 0.293 e. The molecule has 2 N–H and O–H groups in total. The van der Waals surface area contributed by atoms with Gasteiger partial charge in [-0.2, -0.15) is 0 Å². The summed E-state index contributed by atoms with van der Waals surface area (Å²) in [6.45, 7) is 2.90. The number of nitrogens with one attached hydrogen (secondary N) is 1. The summed E-state index contributed by atoms with van der Waals surface area (Å²) in [6.07, 6.45) is 2.50. The third kappa shape index (κ3) is 4.48. The summed E-state index contributed by atoms with van der Waals surface area (Å²) < 4.78 is 14.5. The van der Waals surface area contributed by atoms with Crippen LogP contribution in [0.15, 0.2) is 46.4 Å². The first kappa shape index (κ1) is 19.8. The number of piperazine rings is 1. The Morgan fingerprint density at radius 1 is 1.29 bits per heavy atom. The predicted octanol–water partition coefficient (Wildman–Crippen LogP) is 0.350. The topological polar surface area (TPSA) is 86.0 Å². The number of guanidine groups is 1. The number of aliphatic imine (C=N–C) groups is 1. The van der Waals surface area contributed by atoms with Crippen LogP contribution in [0.4, 0.5) is 10.2 Å². The maximum Gasteiger partial charge on any atom is 0.293 e. The summed E-state index contributed by atoms with van der Waals surface area (Å²) in [6, 6.07) is 5.79. The molecule has 1 unspecified atom stereocenters. The third-order valence-electron chi connectivity index (χ3n) is 4.80. The van der Waals surface area contributed by atoms with Gasteiger partial charge in [0.1, 0.15) is 5.82 Å². The normalized spacial score (nSPS) is 16.2. The summed E-state index contributed by atoms with van der Waals surface area (Å²) in [5.41, 5.74) is 0.529. The SMILES string of the molecule is CN=C(NCC(O)c1ccc(F)cc1)N1CCN(c2nccn(C)c2=O)CC1. The van der Waals surface area contributed by atoms with Crippen molar-refractivity contribution in [2.24, 2.45) is 12.0 Å². The average Bonchev–Trinajstić information content (AvgIpc) is 2.71. The molecular weight excluding hydrogens is 363 g/mol. The lowest BCUT2D eigenvalue weighted by Gasteiger charge is -2.36. The van der Waals surface area contributed by atoms with Gasteiger partial charge in [0.2, 0.25) is 0 Å². The van der Waals surface area contributed by atoms with Gasteiger partial charge in [0.15, 0.2) is 11.8 Å². The molecule has 0 spiro atoms. The van der Waals surface area contributed by atoms with Gasteiger partial charge in [-0.3, -0.25) is 9.79 Å². The van der Waals surface area contributed by atoms with Crippen LogP contribution in [0.2, 0.25) is 0 Å². The molecule has 1 aliphatic rings. The second-order valence-corrected chi connectivity index (χ2v) is 6.64. The summed E-state index contributed by atoms with van der Waals surface area (Å²) in [5, 5.41) is 13.4. The number of aromatic nitrogens is 2. The molecular formula is C19H25FN6O2. The van der Waals surface area contributed by atoms with E-state index in [0.717, 1.165) is 0 Å². The minimum absolute atomic E-state index is 0.110. The maximum absolute atomic E-state index is 13.0. The predicted molar refractivity (Wildman–Crippen MR) is 106 cm³/mol. The minimum Gasteiger partial charge on any atom is -0.387 e.